The van der Waals surface area contributed by atoms with Crippen LogP contribution in [0, 0.1) is 0 Å². The minimum atomic E-state index is -0.401. The van der Waals surface area contributed by atoms with E-state index in [0.29, 0.717) is 17.9 Å². The maximum absolute atomic E-state index is 11.6. The Balaban J connectivity index is 2.60. The lowest BCUT2D eigenvalue weighted by molar-refractivity contribution is -0.143. The standard InChI is InChI=1S/C14H18O4/c1-3-4-9-17-14(16)10-12-7-5-6-8-13(12)18-11(2)15/h5-8H,3-4,9-10H2,1-2H3. The molecule has 4 nitrogen and oxygen atoms in total. The van der Waals surface area contributed by atoms with Gasteiger partial charge in [0.2, 0.25) is 0 Å². The molecule has 0 amide bonds. The molecule has 0 saturated carbocycles. The highest BCUT2D eigenvalue weighted by Gasteiger charge is 2.10. The van der Waals surface area contributed by atoms with Crippen molar-refractivity contribution in [1.82, 2.24) is 0 Å². The van der Waals surface area contributed by atoms with E-state index < -0.39 is 5.97 Å². The fourth-order valence-electron chi connectivity index (χ4n) is 1.44. The Kier molecular flexibility index (Phi) is 5.91. The summed E-state index contributed by atoms with van der Waals surface area (Å²) in [6, 6.07) is 6.96. The molecule has 0 N–H and O–H groups in total. The van der Waals surface area contributed by atoms with Gasteiger partial charge in [0.15, 0.2) is 0 Å². The van der Waals surface area contributed by atoms with Crippen molar-refractivity contribution in [1.29, 1.82) is 0 Å². The Morgan fingerprint density at radius 1 is 1.22 bits per heavy atom. The van der Waals surface area contributed by atoms with Gasteiger partial charge >= 0.3 is 11.9 Å². The summed E-state index contributed by atoms with van der Waals surface area (Å²) in [6.45, 7) is 3.80. The molecule has 0 atom stereocenters. The van der Waals surface area contributed by atoms with Gasteiger partial charge < -0.3 is 9.47 Å². The highest BCUT2D eigenvalue weighted by atomic mass is 16.5. The zero-order valence-electron chi connectivity index (χ0n) is 10.8. The minimum absolute atomic E-state index is 0.118. The average Bonchev–Trinajstić information content (AvgIpc) is 2.31. The number of hydrogen-bond donors (Lipinski definition) is 0. The summed E-state index contributed by atoms with van der Waals surface area (Å²) in [5.74, 6) is -0.290. The topological polar surface area (TPSA) is 52.6 Å². The SMILES string of the molecule is CCCCOC(=O)Cc1ccccc1OC(C)=O. The van der Waals surface area contributed by atoms with Crippen molar-refractivity contribution in [3.63, 3.8) is 0 Å². The molecule has 1 aromatic carbocycles. The summed E-state index contributed by atoms with van der Waals surface area (Å²) in [6.07, 6.45) is 1.96. The number of unbranched alkanes of at least 4 members (excludes halogenated alkanes) is 1. The number of carbonyl (C=O) groups excluding carboxylic acids is 2. The molecule has 0 saturated heterocycles. The predicted molar refractivity (Wildman–Crippen MR) is 67.3 cm³/mol. The van der Waals surface area contributed by atoms with Crippen LogP contribution >= 0.6 is 0 Å². The van der Waals surface area contributed by atoms with Crippen LogP contribution in [0.15, 0.2) is 24.3 Å². The molecule has 18 heavy (non-hydrogen) atoms. The fourth-order valence-corrected chi connectivity index (χ4v) is 1.44. The molecular formula is C14H18O4. The second kappa shape index (κ2) is 7.48. The van der Waals surface area contributed by atoms with Crippen LogP contribution in [-0.2, 0) is 20.7 Å². The molecule has 0 aliphatic heterocycles. The highest BCUT2D eigenvalue weighted by Crippen LogP contribution is 2.19. The van der Waals surface area contributed by atoms with Gasteiger partial charge in [0.05, 0.1) is 13.0 Å². The van der Waals surface area contributed by atoms with Crippen molar-refractivity contribution in [2.24, 2.45) is 0 Å². The lowest BCUT2D eigenvalue weighted by atomic mass is 10.1. The average molecular weight is 250 g/mol. The van der Waals surface area contributed by atoms with E-state index in [0.717, 1.165) is 12.8 Å². The summed E-state index contributed by atoms with van der Waals surface area (Å²) in [7, 11) is 0. The second-order valence-electron chi connectivity index (χ2n) is 3.95. The van der Waals surface area contributed by atoms with Crippen LogP contribution in [0.3, 0.4) is 0 Å². The van der Waals surface area contributed by atoms with Crippen LogP contribution in [0.25, 0.3) is 0 Å². The number of benzene rings is 1. The molecule has 4 heteroatoms. The Morgan fingerprint density at radius 3 is 2.61 bits per heavy atom. The van der Waals surface area contributed by atoms with Crippen LogP contribution in [0.1, 0.15) is 32.3 Å². The lowest BCUT2D eigenvalue weighted by Gasteiger charge is -2.08. The molecule has 0 spiro atoms. The van der Waals surface area contributed by atoms with E-state index in [2.05, 4.69) is 0 Å². The Labute approximate surface area is 107 Å². The first kappa shape index (κ1) is 14.2. The third-order valence-electron chi connectivity index (χ3n) is 2.32. The quantitative estimate of drug-likeness (QED) is 0.442. The van der Waals surface area contributed by atoms with Gasteiger partial charge in [-0.3, -0.25) is 9.59 Å². The number of carbonyl (C=O) groups is 2. The van der Waals surface area contributed by atoms with Crippen molar-refractivity contribution in [2.45, 2.75) is 33.1 Å². The maximum Gasteiger partial charge on any atom is 0.310 e. The van der Waals surface area contributed by atoms with Gasteiger partial charge in [0.1, 0.15) is 5.75 Å². The van der Waals surface area contributed by atoms with Crippen LogP contribution in [0.5, 0.6) is 5.75 Å². The normalized spacial score (nSPS) is 9.89. The maximum atomic E-state index is 11.6. The second-order valence-corrected chi connectivity index (χ2v) is 3.95. The van der Waals surface area contributed by atoms with Gasteiger partial charge in [-0.25, -0.2) is 0 Å². The number of rotatable bonds is 6. The van der Waals surface area contributed by atoms with Gasteiger partial charge in [-0.05, 0) is 12.5 Å². The number of para-hydroxylation sites is 1. The van der Waals surface area contributed by atoms with E-state index in [1.807, 2.05) is 6.92 Å². The van der Waals surface area contributed by atoms with Gasteiger partial charge in [0, 0.05) is 12.5 Å². The van der Waals surface area contributed by atoms with E-state index in [-0.39, 0.29) is 12.4 Å². The van der Waals surface area contributed by atoms with Gasteiger partial charge in [-0.1, -0.05) is 31.5 Å². The highest BCUT2D eigenvalue weighted by molar-refractivity contribution is 5.75. The van der Waals surface area contributed by atoms with Crippen molar-refractivity contribution >= 4 is 11.9 Å². The first-order valence-electron chi connectivity index (χ1n) is 6.05. The van der Waals surface area contributed by atoms with Crippen LogP contribution in [0.2, 0.25) is 0 Å². The molecule has 0 radical (unpaired) electrons. The fraction of sp³-hybridized carbons (Fsp3) is 0.429. The smallest absolute Gasteiger partial charge is 0.310 e. The van der Waals surface area contributed by atoms with Crippen LogP contribution in [0.4, 0.5) is 0 Å². The van der Waals surface area contributed by atoms with E-state index in [9.17, 15) is 9.59 Å². The largest absolute Gasteiger partial charge is 0.465 e. The number of esters is 2. The summed E-state index contributed by atoms with van der Waals surface area (Å²) in [4.78, 5) is 22.5. The Bertz CT molecular complexity index is 412. The van der Waals surface area contributed by atoms with Crippen molar-refractivity contribution in [3.05, 3.63) is 29.8 Å². The Hall–Kier alpha value is -1.84. The minimum Gasteiger partial charge on any atom is -0.465 e. The first-order valence-corrected chi connectivity index (χ1v) is 6.05. The molecular weight excluding hydrogens is 232 g/mol. The molecule has 98 valence electrons. The monoisotopic (exact) mass is 250 g/mol. The molecule has 0 fully saturated rings. The summed E-state index contributed by atoms with van der Waals surface area (Å²) >= 11 is 0. The lowest BCUT2D eigenvalue weighted by Crippen LogP contribution is -2.11. The van der Waals surface area contributed by atoms with E-state index in [1.54, 1.807) is 24.3 Å². The number of ether oxygens (including phenoxy) is 2. The van der Waals surface area contributed by atoms with E-state index in [1.165, 1.54) is 6.92 Å². The molecule has 1 rings (SSSR count). The molecule has 1 aromatic rings. The molecule has 0 unspecified atom stereocenters. The van der Waals surface area contributed by atoms with Gasteiger partial charge in [-0.15, -0.1) is 0 Å². The van der Waals surface area contributed by atoms with Crippen molar-refractivity contribution in [2.75, 3.05) is 6.61 Å². The third-order valence-corrected chi connectivity index (χ3v) is 2.32. The van der Waals surface area contributed by atoms with Gasteiger partial charge in [-0.2, -0.15) is 0 Å². The zero-order chi connectivity index (χ0) is 13.4. The molecule has 0 heterocycles. The van der Waals surface area contributed by atoms with E-state index >= 15 is 0 Å². The predicted octanol–water partition coefficient (Wildman–Crippen LogP) is 2.50. The van der Waals surface area contributed by atoms with Gasteiger partial charge in [0.25, 0.3) is 0 Å². The van der Waals surface area contributed by atoms with Crippen LogP contribution in [-0.4, -0.2) is 18.5 Å². The zero-order valence-corrected chi connectivity index (χ0v) is 10.8. The van der Waals surface area contributed by atoms with E-state index in [4.69, 9.17) is 9.47 Å². The van der Waals surface area contributed by atoms with Crippen molar-refractivity contribution < 1.29 is 19.1 Å². The molecule has 0 aliphatic rings. The third kappa shape index (κ3) is 4.99. The number of hydrogen-bond acceptors (Lipinski definition) is 4. The van der Waals surface area contributed by atoms with Crippen LogP contribution < -0.4 is 4.74 Å². The molecule has 0 aliphatic carbocycles. The first-order chi connectivity index (χ1) is 8.63. The summed E-state index contributed by atoms with van der Waals surface area (Å²) in [5, 5.41) is 0. The molecule has 0 aromatic heterocycles. The summed E-state index contributed by atoms with van der Waals surface area (Å²) < 4.78 is 10.1. The molecule has 0 bridgehead atoms. The van der Waals surface area contributed by atoms with Crippen molar-refractivity contribution in [3.8, 4) is 5.75 Å². The summed E-state index contributed by atoms with van der Waals surface area (Å²) in [5.41, 5.74) is 0.661. The Morgan fingerprint density at radius 2 is 1.94 bits per heavy atom.